The molecule has 0 radical (unpaired) electrons. The number of anilines is 1. The number of benzene rings is 3. The predicted molar refractivity (Wildman–Crippen MR) is 116 cm³/mol. The minimum atomic E-state index is -5.61. The molecule has 4 aromatic rings. The number of hydrogen-bond acceptors (Lipinski definition) is 4. The molecule has 4 rings (SSSR count). The van der Waals surface area contributed by atoms with Gasteiger partial charge in [-0.2, -0.15) is 31.4 Å². The van der Waals surface area contributed by atoms with E-state index in [9.17, 15) is 30.8 Å². The van der Waals surface area contributed by atoms with Gasteiger partial charge in [0.05, 0.1) is 22.5 Å². The third-order valence-corrected chi connectivity index (χ3v) is 6.53. The first kappa shape index (κ1) is 22.5. The summed E-state index contributed by atoms with van der Waals surface area (Å²) in [5.41, 5.74) is -5.40. The maximum absolute atomic E-state index is 13.4. The highest BCUT2D eigenvalue weighted by atomic mass is 32.2. The standard InChI is InChI=1S/C22H15F4N3O3S/c1-28(33(31,32)22(24,25)26)17-6-4-5-14(13-17)20-18-7-2-3-8-19(18)21(30)29(27-20)16-11-9-15(23)10-12-16/h2-13H,1H3. The summed E-state index contributed by atoms with van der Waals surface area (Å²) in [5, 5.41) is 5.06. The van der Waals surface area contributed by atoms with Gasteiger partial charge < -0.3 is 0 Å². The van der Waals surface area contributed by atoms with Crippen LogP contribution in [-0.4, -0.2) is 30.8 Å². The molecule has 6 nitrogen and oxygen atoms in total. The molecule has 1 aromatic heterocycles. The van der Waals surface area contributed by atoms with E-state index < -0.39 is 26.9 Å². The Labute approximate surface area is 185 Å². The molecule has 0 aliphatic heterocycles. The topological polar surface area (TPSA) is 72.3 Å². The number of sulfonamides is 1. The summed E-state index contributed by atoms with van der Waals surface area (Å²) in [6.45, 7) is 0. The zero-order chi connectivity index (χ0) is 24.0. The van der Waals surface area contributed by atoms with Gasteiger partial charge in [-0.15, -0.1) is 0 Å². The molecule has 0 bridgehead atoms. The van der Waals surface area contributed by atoms with Gasteiger partial charge in [0.15, 0.2) is 0 Å². The Balaban J connectivity index is 1.94. The van der Waals surface area contributed by atoms with E-state index in [0.717, 1.165) is 23.9 Å². The van der Waals surface area contributed by atoms with Gasteiger partial charge in [-0.3, -0.25) is 9.10 Å². The average Bonchev–Trinajstić information content (AvgIpc) is 2.79. The number of alkyl halides is 3. The first-order valence-corrected chi connectivity index (χ1v) is 10.9. The minimum absolute atomic E-state index is 0.134. The second-order valence-electron chi connectivity index (χ2n) is 7.06. The van der Waals surface area contributed by atoms with Crippen molar-refractivity contribution in [2.45, 2.75) is 5.51 Å². The Hall–Kier alpha value is -3.73. The zero-order valence-corrected chi connectivity index (χ0v) is 17.7. The molecule has 33 heavy (non-hydrogen) atoms. The van der Waals surface area contributed by atoms with Crippen molar-refractivity contribution in [1.82, 2.24) is 9.78 Å². The van der Waals surface area contributed by atoms with Crippen molar-refractivity contribution in [3.63, 3.8) is 0 Å². The second-order valence-corrected chi connectivity index (χ2v) is 9.02. The van der Waals surface area contributed by atoms with Gasteiger partial charge in [0.2, 0.25) is 0 Å². The van der Waals surface area contributed by atoms with E-state index >= 15 is 0 Å². The maximum atomic E-state index is 13.4. The molecular formula is C22H15F4N3O3S. The Morgan fingerprint density at radius 2 is 1.55 bits per heavy atom. The SMILES string of the molecule is CN(c1cccc(-c2nn(-c3ccc(F)cc3)c(=O)c3ccccc23)c1)S(=O)(=O)C(F)(F)F. The smallest absolute Gasteiger partial charge is 0.267 e. The van der Waals surface area contributed by atoms with Crippen LogP contribution in [0.15, 0.2) is 77.6 Å². The lowest BCUT2D eigenvalue weighted by molar-refractivity contribution is -0.0437. The Morgan fingerprint density at radius 3 is 2.18 bits per heavy atom. The summed E-state index contributed by atoms with van der Waals surface area (Å²) in [6.07, 6.45) is 0. The van der Waals surface area contributed by atoms with Crippen LogP contribution in [0.1, 0.15) is 0 Å². The van der Waals surface area contributed by atoms with Gasteiger partial charge in [-0.1, -0.05) is 30.3 Å². The van der Waals surface area contributed by atoms with Crippen LogP contribution >= 0.6 is 0 Å². The second kappa shape index (κ2) is 8.00. The molecule has 0 fully saturated rings. The Morgan fingerprint density at radius 1 is 0.909 bits per heavy atom. The van der Waals surface area contributed by atoms with Gasteiger partial charge in [-0.25, -0.2) is 4.39 Å². The van der Waals surface area contributed by atoms with Crippen molar-refractivity contribution in [3.05, 3.63) is 89.0 Å². The van der Waals surface area contributed by atoms with Crippen LogP contribution in [0.2, 0.25) is 0 Å². The average molecular weight is 477 g/mol. The van der Waals surface area contributed by atoms with E-state index in [1.807, 2.05) is 0 Å². The Kier molecular flexibility index (Phi) is 5.44. The van der Waals surface area contributed by atoms with Crippen LogP contribution in [0.5, 0.6) is 0 Å². The van der Waals surface area contributed by atoms with E-state index in [1.54, 1.807) is 24.3 Å². The number of halogens is 4. The van der Waals surface area contributed by atoms with Crippen LogP contribution in [0.4, 0.5) is 23.2 Å². The zero-order valence-electron chi connectivity index (χ0n) is 16.9. The molecule has 0 unspecified atom stereocenters. The summed E-state index contributed by atoms with van der Waals surface area (Å²) in [6, 6.07) is 16.9. The molecule has 0 spiro atoms. The summed E-state index contributed by atoms with van der Waals surface area (Å²) < 4.78 is 77.2. The first-order valence-electron chi connectivity index (χ1n) is 9.44. The molecule has 1 heterocycles. The monoisotopic (exact) mass is 477 g/mol. The van der Waals surface area contributed by atoms with E-state index in [2.05, 4.69) is 5.10 Å². The lowest BCUT2D eigenvalue weighted by atomic mass is 10.0. The van der Waals surface area contributed by atoms with Gasteiger partial charge in [0, 0.05) is 18.0 Å². The highest BCUT2D eigenvalue weighted by Gasteiger charge is 2.49. The number of fused-ring (bicyclic) bond motifs is 1. The van der Waals surface area contributed by atoms with E-state index in [-0.39, 0.29) is 32.3 Å². The number of aromatic nitrogens is 2. The van der Waals surface area contributed by atoms with Crippen molar-refractivity contribution < 1.29 is 26.0 Å². The Bertz CT molecular complexity index is 1510. The lowest BCUT2D eigenvalue weighted by Crippen LogP contribution is -2.38. The van der Waals surface area contributed by atoms with Gasteiger partial charge in [0.1, 0.15) is 5.82 Å². The minimum Gasteiger partial charge on any atom is -0.267 e. The van der Waals surface area contributed by atoms with Crippen molar-refractivity contribution in [2.75, 3.05) is 11.4 Å². The van der Waals surface area contributed by atoms with Crippen molar-refractivity contribution in [3.8, 4) is 16.9 Å². The van der Waals surface area contributed by atoms with Crippen molar-refractivity contribution >= 4 is 26.5 Å². The highest BCUT2D eigenvalue weighted by molar-refractivity contribution is 7.93. The summed E-state index contributed by atoms with van der Waals surface area (Å²) in [5.74, 6) is -0.505. The molecule has 3 aromatic carbocycles. The van der Waals surface area contributed by atoms with Crippen LogP contribution in [0, 0.1) is 5.82 Å². The first-order chi connectivity index (χ1) is 15.5. The third-order valence-electron chi connectivity index (χ3n) is 5.01. The molecule has 170 valence electrons. The normalized spacial score (nSPS) is 12.2. The van der Waals surface area contributed by atoms with Crippen molar-refractivity contribution in [2.24, 2.45) is 0 Å². The van der Waals surface area contributed by atoms with Crippen molar-refractivity contribution in [1.29, 1.82) is 0 Å². The fraction of sp³-hybridized carbons (Fsp3) is 0.0909. The molecule has 0 amide bonds. The maximum Gasteiger partial charge on any atom is 0.516 e. The van der Waals surface area contributed by atoms with Crippen LogP contribution in [0.25, 0.3) is 27.7 Å². The quantitative estimate of drug-likeness (QED) is 0.407. The number of rotatable bonds is 4. The molecule has 0 N–H and O–H groups in total. The van der Waals surface area contributed by atoms with Crippen LogP contribution < -0.4 is 9.86 Å². The van der Waals surface area contributed by atoms with Gasteiger partial charge >= 0.3 is 15.5 Å². The summed E-state index contributed by atoms with van der Waals surface area (Å²) >= 11 is 0. The molecule has 0 aliphatic rings. The number of hydrogen-bond donors (Lipinski definition) is 0. The molecule has 0 saturated carbocycles. The van der Waals surface area contributed by atoms with Gasteiger partial charge in [0.25, 0.3) is 5.56 Å². The molecule has 0 saturated heterocycles. The van der Waals surface area contributed by atoms with E-state index in [0.29, 0.717) is 5.39 Å². The van der Waals surface area contributed by atoms with E-state index in [4.69, 9.17) is 0 Å². The molecule has 11 heteroatoms. The fourth-order valence-corrected chi connectivity index (χ4v) is 4.00. The fourth-order valence-electron chi connectivity index (χ4n) is 3.30. The largest absolute Gasteiger partial charge is 0.516 e. The van der Waals surface area contributed by atoms with Crippen LogP contribution in [-0.2, 0) is 10.0 Å². The number of nitrogens with zero attached hydrogens (tertiary/aromatic N) is 3. The predicted octanol–water partition coefficient (Wildman–Crippen LogP) is 4.48. The molecular weight excluding hydrogens is 462 g/mol. The third kappa shape index (κ3) is 3.95. The highest BCUT2D eigenvalue weighted by Crippen LogP contribution is 2.33. The lowest BCUT2D eigenvalue weighted by Gasteiger charge is -2.21. The summed E-state index contributed by atoms with van der Waals surface area (Å²) in [4.78, 5) is 13.0. The summed E-state index contributed by atoms with van der Waals surface area (Å²) in [7, 11) is -4.81. The van der Waals surface area contributed by atoms with Gasteiger partial charge in [-0.05, 0) is 42.5 Å². The van der Waals surface area contributed by atoms with E-state index in [1.165, 1.54) is 36.4 Å². The molecule has 0 atom stereocenters. The molecule has 0 aliphatic carbocycles. The van der Waals surface area contributed by atoms with Crippen LogP contribution in [0.3, 0.4) is 0 Å².